The van der Waals surface area contributed by atoms with E-state index in [0.717, 1.165) is 16.9 Å². The van der Waals surface area contributed by atoms with Crippen LogP contribution in [0.25, 0.3) is 5.65 Å². The van der Waals surface area contributed by atoms with Crippen molar-refractivity contribution in [3.8, 4) is 0 Å². The lowest BCUT2D eigenvalue weighted by Gasteiger charge is -2.00. The van der Waals surface area contributed by atoms with E-state index >= 15 is 0 Å². The molecule has 2 aromatic rings. The van der Waals surface area contributed by atoms with E-state index in [1.54, 1.807) is 0 Å². The first-order valence-electron chi connectivity index (χ1n) is 4.82. The first kappa shape index (κ1) is 9.71. The minimum Gasteiger partial charge on any atom is -0.481 e. The van der Waals surface area contributed by atoms with Gasteiger partial charge < -0.3 is 9.51 Å². The van der Waals surface area contributed by atoms with Crippen molar-refractivity contribution in [2.45, 2.75) is 19.8 Å². The molecule has 4 heteroatoms. The number of aryl methyl sites for hydroxylation is 2. The third-order valence-corrected chi connectivity index (χ3v) is 2.29. The molecule has 78 valence electrons. The van der Waals surface area contributed by atoms with Crippen molar-refractivity contribution in [1.82, 2.24) is 9.38 Å². The molecule has 0 saturated carbocycles. The highest BCUT2D eigenvalue weighted by molar-refractivity contribution is 5.67. The summed E-state index contributed by atoms with van der Waals surface area (Å²) in [6.07, 6.45) is 4.51. The van der Waals surface area contributed by atoms with Gasteiger partial charge in [-0.2, -0.15) is 0 Å². The number of carbonyl (C=O) groups is 1. The second-order valence-corrected chi connectivity index (χ2v) is 3.54. The van der Waals surface area contributed by atoms with Gasteiger partial charge in [0.1, 0.15) is 5.65 Å². The molecule has 0 radical (unpaired) electrons. The highest BCUT2D eigenvalue weighted by atomic mass is 16.4. The Bertz CT molecular complexity index is 502. The van der Waals surface area contributed by atoms with Crippen LogP contribution in [0.2, 0.25) is 0 Å². The Balaban J connectivity index is 2.37. The Labute approximate surface area is 87.2 Å². The maximum Gasteiger partial charge on any atom is 0.303 e. The number of pyridine rings is 1. The number of nitrogens with zero attached hydrogens (tertiary/aromatic N) is 2. The maximum absolute atomic E-state index is 10.5. The van der Waals surface area contributed by atoms with Gasteiger partial charge in [0.2, 0.25) is 0 Å². The Morgan fingerprint density at radius 3 is 3.13 bits per heavy atom. The van der Waals surface area contributed by atoms with Gasteiger partial charge >= 0.3 is 5.97 Å². The third kappa shape index (κ3) is 1.98. The molecule has 0 saturated heterocycles. The molecule has 0 aromatic carbocycles. The van der Waals surface area contributed by atoms with Crippen LogP contribution in [0.4, 0.5) is 0 Å². The van der Waals surface area contributed by atoms with Crippen LogP contribution < -0.4 is 0 Å². The molecule has 0 amide bonds. The molecular formula is C11H12N2O2. The van der Waals surface area contributed by atoms with Crippen molar-refractivity contribution < 1.29 is 9.90 Å². The van der Waals surface area contributed by atoms with Gasteiger partial charge in [0.25, 0.3) is 0 Å². The summed E-state index contributed by atoms with van der Waals surface area (Å²) in [6.45, 7) is 1.92. The van der Waals surface area contributed by atoms with E-state index in [4.69, 9.17) is 5.11 Å². The quantitative estimate of drug-likeness (QED) is 0.827. The van der Waals surface area contributed by atoms with Gasteiger partial charge in [0, 0.05) is 18.8 Å². The monoisotopic (exact) mass is 204 g/mol. The van der Waals surface area contributed by atoms with E-state index in [0.29, 0.717) is 6.42 Å². The lowest BCUT2D eigenvalue weighted by atomic mass is 10.1. The summed E-state index contributed by atoms with van der Waals surface area (Å²) in [6, 6.07) is 3.83. The fourth-order valence-electron chi connectivity index (χ4n) is 1.63. The molecule has 0 bridgehead atoms. The number of hydrogen-bond acceptors (Lipinski definition) is 2. The number of aromatic nitrogens is 2. The standard InChI is InChI=1S/C11H12N2O2/c1-8-7-13-6-2-3-9(11(13)12-8)4-5-10(14)15/h2-3,6-7H,4-5H2,1H3,(H,14,15). The molecule has 0 fully saturated rings. The van der Waals surface area contributed by atoms with Gasteiger partial charge in [-0.1, -0.05) is 6.07 Å². The molecule has 15 heavy (non-hydrogen) atoms. The lowest BCUT2D eigenvalue weighted by Crippen LogP contribution is -1.99. The van der Waals surface area contributed by atoms with E-state index in [1.165, 1.54) is 0 Å². The zero-order chi connectivity index (χ0) is 10.8. The van der Waals surface area contributed by atoms with Crippen molar-refractivity contribution in [2.24, 2.45) is 0 Å². The maximum atomic E-state index is 10.5. The minimum absolute atomic E-state index is 0.144. The van der Waals surface area contributed by atoms with Crippen LogP contribution in [0.1, 0.15) is 17.7 Å². The minimum atomic E-state index is -0.778. The van der Waals surface area contributed by atoms with Crippen LogP contribution in [-0.4, -0.2) is 20.5 Å². The zero-order valence-electron chi connectivity index (χ0n) is 8.47. The van der Waals surface area contributed by atoms with Gasteiger partial charge in [-0.3, -0.25) is 4.79 Å². The summed E-state index contributed by atoms with van der Waals surface area (Å²) >= 11 is 0. The van der Waals surface area contributed by atoms with Gasteiger partial charge in [-0.15, -0.1) is 0 Å². The molecule has 2 aromatic heterocycles. The number of aliphatic carboxylic acids is 1. The predicted octanol–water partition coefficient (Wildman–Crippen LogP) is 1.66. The molecule has 0 atom stereocenters. The summed E-state index contributed by atoms with van der Waals surface area (Å²) in [5.41, 5.74) is 2.78. The van der Waals surface area contributed by atoms with Crippen LogP contribution in [0.5, 0.6) is 0 Å². The summed E-state index contributed by atoms with van der Waals surface area (Å²) < 4.78 is 1.92. The van der Waals surface area contributed by atoms with Crippen LogP contribution in [0, 0.1) is 6.92 Å². The Hall–Kier alpha value is -1.84. The Kier molecular flexibility index (Phi) is 2.41. The van der Waals surface area contributed by atoms with Crippen molar-refractivity contribution in [3.63, 3.8) is 0 Å². The zero-order valence-corrected chi connectivity index (χ0v) is 8.47. The summed E-state index contributed by atoms with van der Waals surface area (Å²) in [7, 11) is 0. The molecule has 0 aliphatic carbocycles. The molecule has 2 rings (SSSR count). The lowest BCUT2D eigenvalue weighted by molar-refractivity contribution is -0.136. The average molecular weight is 204 g/mol. The van der Waals surface area contributed by atoms with Gasteiger partial charge in [0.15, 0.2) is 0 Å². The molecular weight excluding hydrogens is 192 g/mol. The van der Waals surface area contributed by atoms with E-state index < -0.39 is 5.97 Å². The number of carboxylic acids is 1. The normalized spacial score (nSPS) is 10.7. The number of carboxylic acid groups (broad SMARTS) is 1. The van der Waals surface area contributed by atoms with Crippen LogP contribution in [-0.2, 0) is 11.2 Å². The summed E-state index contributed by atoms with van der Waals surface area (Å²) in [4.78, 5) is 14.8. The topological polar surface area (TPSA) is 54.6 Å². The SMILES string of the molecule is Cc1cn2cccc(CCC(=O)O)c2n1. The first-order valence-corrected chi connectivity index (χ1v) is 4.82. The van der Waals surface area contributed by atoms with Crippen molar-refractivity contribution in [3.05, 3.63) is 35.8 Å². The molecule has 4 nitrogen and oxygen atoms in total. The Morgan fingerprint density at radius 2 is 2.40 bits per heavy atom. The summed E-state index contributed by atoms with van der Waals surface area (Å²) in [5, 5.41) is 8.62. The smallest absolute Gasteiger partial charge is 0.303 e. The number of rotatable bonds is 3. The van der Waals surface area contributed by atoms with Gasteiger partial charge in [-0.25, -0.2) is 4.98 Å². The Morgan fingerprint density at radius 1 is 1.60 bits per heavy atom. The number of fused-ring (bicyclic) bond motifs is 1. The first-order chi connectivity index (χ1) is 7.16. The number of imidazole rings is 1. The van der Waals surface area contributed by atoms with Crippen LogP contribution in [0.3, 0.4) is 0 Å². The fourth-order valence-corrected chi connectivity index (χ4v) is 1.63. The van der Waals surface area contributed by atoms with E-state index in [9.17, 15) is 4.79 Å². The highest BCUT2D eigenvalue weighted by Crippen LogP contribution is 2.12. The molecule has 0 spiro atoms. The van der Waals surface area contributed by atoms with Gasteiger partial charge in [0.05, 0.1) is 5.69 Å². The fraction of sp³-hybridized carbons (Fsp3) is 0.273. The highest BCUT2D eigenvalue weighted by Gasteiger charge is 2.05. The molecule has 0 aliphatic heterocycles. The van der Waals surface area contributed by atoms with E-state index in [2.05, 4.69) is 4.98 Å². The molecule has 0 unspecified atom stereocenters. The largest absolute Gasteiger partial charge is 0.481 e. The van der Waals surface area contributed by atoms with Crippen LogP contribution >= 0.6 is 0 Å². The van der Waals surface area contributed by atoms with E-state index in [-0.39, 0.29) is 6.42 Å². The second-order valence-electron chi connectivity index (χ2n) is 3.54. The van der Waals surface area contributed by atoms with Crippen molar-refractivity contribution >= 4 is 11.6 Å². The van der Waals surface area contributed by atoms with Crippen molar-refractivity contribution in [1.29, 1.82) is 0 Å². The van der Waals surface area contributed by atoms with Crippen molar-refractivity contribution in [2.75, 3.05) is 0 Å². The average Bonchev–Trinajstić information content (AvgIpc) is 2.55. The number of hydrogen-bond donors (Lipinski definition) is 1. The molecule has 0 aliphatic rings. The molecule has 2 heterocycles. The van der Waals surface area contributed by atoms with E-state index in [1.807, 2.05) is 35.9 Å². The predicted molar refractivity (Wildman–Crippen MR) is 55.9 cm³/mol. The van der Waals surface area contributed by atoms with Gasteiger partial charge in [-0.05, 0) is 25.0 Å². The third-order valence-electron chi connectivity index (χ3n) is 2.29. The second kappa shape index (κ2) is 3.73. The molecule has 1 N–H and O–H groups in total. The summed E-state index contributed by atoms with van der Waals surface area (Å²) in [5.74, 6) is -0.778. The van der Waals surface area contributed by atoms with Crippen LogP contribution in [0.15, 0.2) is 24.5 Å².